The van der Waals surface area contributed by atoms with E-state index in [0.717, 1.165) is 39.1 Å². The van der Waals surface area contributed by atoms with E-state index in [2.05, 4.69) is 41.8 Å². The van der Waals surface area contributed by atoms with Crippen molar-refractivity contribution in [1.29, 1.82) is 0 Å². The van der Waals surface area contributed by atoms with Crippen LogP contribution in [0.15, 0.2) is 73.3 Å². The summed E-state index contributed by atoms with van der Waals surface area (Å²) in [6, 6.07) is 22.9. The van der Waals surface area contributed by atoms with E-state index in [0.29, 0.717) is 6.10 Å². The van der Waals surface area contributed by atoms with Crippen LogP contribution >= 0.6 is 0 Å². The summed E-state index contributed by atoms with van der Waals surface area (Å²) in [5.74, 6) is 0. The summed E-state index contributed by atoms with van der Waals surface area (Å²) >= 11 is 0. The van der Waals surface area contributed by atoms with Crippen molar-refractivity contribution in [2.24, 2.45) is 0 Å². The molecule has 0 unspecified atom stereocenters. The predicted molar refractivity (Wildman–Crippen MR) is 96.2 cm³/mol. The summed E-state index contributed by atoms with van der Waals surface area (Å²) in [6.45, 7) is 7.79. The van der Waals surface area contributed by atoms with Gasteiger partial charge in [-0.2, -0.15) is 0 Å². The first-order valence-electron chi connectivity index (χ1n) is 8.28. The molecule has 1 radical (unpaired) electrons. The molecule has 3 rings (SSSR count). The number of hydrogen-bond donors (Lipinski definition) is 0. The number of hydrogen-bond acceptors (Lipinski definition) is 2. The monoisotopic (exact) mass is 308 g/mol. The summed E-state index contributed by atoms with van der Waals surface area (Å²) < 4.78 is 5.94. The van der Waals surface area contributed by atoms with Gasteiger partial charge in [0.25, 0.3) is 0 Å². The Bertz CT molecular complexity index is 491. The normalized spacial score (nSPS) is 15.5. The van der Waals surface area contributed by atoms with E-state index in [1.54, 1.807) is 0 Å². The minimum atomic E-state index is 0.427. The number of ether oxygens (including phenoxy) is 1. The molecule has 0 bridgehead atoms. The van der Waals surface area contributed by atoms with Crippen LogP contribution < -0.4 is 0 Å². The number of nitrogens with zero attached hydrogens (tertiary/aromatic N) is 1. The highest BCUT2D eigenvalue weighted by Crippen LogP contribution is 2.15. The lowest BCUT2D eigenvalue weighted by Crippen LogP contribution is -2.36. The van der Waals surface area contributed by atoms with Gasteiger partial charge < -0.3 is 4.74 Å². The van der Waals surface area contributed by atoms with Crippen LogP contribution in [-0.4, -0.2) is 30.6 Å². The van der Waals surface area contributed by atoms with Crippen molar-refractivity contribution < 1.29 is 4.74 Å². The van der Waals surface area contributed by atoms with Crippen LogP contribution in [0.2, 0.25) is 0 Å². The molecule has 0 saturated carbocycles. The highest BCUT2D eigenvalue weighted by atomic mass is 16.5. The minimum Gasteiger partial charge on any atom is -0.373 e. The Balaban J connectivity index is 0.000000268. The Morgan fingerprint density at radius 3 is 2.22 bits per heavy atom. The lowest BCUT2D eigenvalue weighted by Gasteiger charge is -2.31. The molecule has 2 heteroatoms. The van der Waals surface area contributed by atoms with Crippen LogP contribution in [0, 0.1) is 6.07 Å². The third-order valence-electron chi connectivity index (χ3n) is 3.86. The molecule has 2 nitrogen and oxygen atoms in total. The molecule has 0 aliphatic carbocycles. The molecule has 2 aromatic carbocycles. The van der Waals surface area contributed by atoms with Crippen LogP contribution in [0.3, 0.4) is 0 Å². The van der Waals surface area contributed by atoms with Crippen LogP contribution in [-0.2, 0) is 11.3 Å². The van der Waals surface area contributed by atoms with Gasteiger partial charge in [-0.1, -0.05) is 66.7 Å². The van der Waals surface area contributed by atoms with Crippen LogP contribution in [0.1, 0.15) is 18.4 Å². The van der Waals surface area contributed by atoms with Crippen molar-refractivity contribution in [3.8, 4) is 0 Å². The average Bonchev–Trinajstić information content (AvgIpc) is 2.64. The molecule has 23 heavy (non-hydrogen) atoms. The number of piperidine rings is 1. The Kier molecular flexibility index (Phi) is 8.17. The smallest absolute Gasteiger partial charge is 0.0720 e. The Hall–Kier alpha value is -1.90. The fourth-order valence-electron chi connectivity index (χ4n) is 2.57. The van der Waals surface area contributed by atoms with Gasteiger partial charge in [-0.15, -0.1) is 6.58 Å². The lowest BCUT2D eigenvalue weighted by molar-refractivity contribution is -0.000352. The van der Waals surface area contributed by atoms with Crippen molar-refractivity contribution in [2.75, 3.05) is 19.6 Å². The molecule has 0 N–H and O–H groups in total. The second kappa shape index (κ2) is 10.8. The molecule has 0 spiro atoms. The van der Waals surface area contributed by atoms with Crippen molar-refractivity contribution in [1.82, 2.24) is 4.90 Å². The van der Waals surface area contributed by atoms with E-state index < -0.39 is 0 Å². The maximum Gasteiger partial charge on any atom is 0.0720 e. The molecular weight excluding hydrogens is 282 g/mol. The molecule has 1 aliphatic heterocycles. The lowest BCUT2D eigenvalue weighted by atomic mass is 10.1. The molecular formula is C21H26NO. The fourth-order valence-corrected chi connectivity index (χ4v) is 2.57. The summed E-state index contributed by atoms with van der Waals surface area (Å²) in [4.78, 5) is 2.43. The maximum absolute atomic E-state index is 5.94. The summed E-state index contributed by atoms with van der Waals surface area (Å²) in [6.07, 6.45) is 4.68. The van der Waals surface area contributed by atoms with E-state index in [1.165, 1.54) is 5.56 Å². The van der Waals surface area contributed by atoms with Crippen molar-refractivity contribution in [3.05, 3.63) is 84.9 Å². The topological polar surface area (TPSA) is 12.5 Å². The van der Waals surface area contributed by atoms with Gasteiger partial charge in [-0.05, 0) is 24.5 Å². The molecule has 0 atom stereocenters. The zero-order valence-electron chi connectivity index (χ0n) is 13.7. The van der Waals surface area contributed by atoms with Gasteiger partial charge in [0, 0.05) is 19.6 Å². The van der Waals surface area contributed by atoms with Gasteiger partial charge in [-0.3, -0.25) is 4.90 Å². The first-order valence-corrected chi connectivity index (χ1v) is 8.28. The summed E-state index contributed by atoms with van der Waals surface area (Å²) in [7, 11) is 0. The van der Waals surface area contributed by atoms with E-state index in [9.17, 15) is 0 Å². The number of rotatable bonds is 5. The van der Waals surface area contributed by atoms with Gasteiger partial charge in [-0.25, -0.2) is 0 Å². The van der Waals surface area contributed by atoms with Gasteiger partial charge in [0.15, 0.2) is 0 Å². The molecule has 0 amide bonds. The zero-order chi connectivity index (χ0) is 16.2. The second-order valence-electron chi connectivity index (χ2n) is 5.66. The van der Waals surface area contributed by atoms with E-state index >= 15 is 0 Å². The second-order valence-corrected chi connectivity index (χ2v) is 5.66. The fraction of sp³-hybridized carbons (Fsp3) is 0.333. The third-order valence-corrected chi connectivity index (χ3v) is 3.86. The molecule has 0 aromatic heterocycles. The standard InChI is InChI=1S/C15H21NO.C6H5/c1-2-10-16-11-8-15(9-12-16)17-13-14-6-4-3-5-7-14;1-2-4-6-5-3-1/h2-7,15H,1,8-13H2;1-5H. The number of benzene rings is 2. The van der Waals surface area contributed by atoms with Gasteiger partial charge in [0.1, 0.15) is 0 Å². The maximum atomic E-state index is 5.94. The minimum absolute atomic E-state index is 0.427. The molecule has 2 aromatic rings. The first kappa shape index (κ1) is 17.5. The first-order chi connectivity index (χ1) is 11.4. The van der Waals surface area contributed by atoms with Crippen LogP contribution in [0.4, 0.5) is 0 Å². The third kappa shape index (κ3) is 7.27. The Labute approximate surface area is 140 Å². The van der Waals surface area contributed by atoms with E-state index in [1.807, 2.05) is 42.5 Å². The van der Waals surface area contributed by atoms with Crippen LogP contribution in [0.25, 0.3) is 0 Å². The van der Waals surface area contributed by atoms with E-state index in [-0.39, 0.29) is 0 Å². The predicted octanol–water partition coefficient (Wildman–Crippen LogP) is 4.34. The van der Waals surface area contributed by atoms with Crippen LogP contribution in [0.5, 0.6) is 0 Å². The van der Waals surface area contributed by atoms with Crippen molar-refractivity contribution in [3.63, 3.8) is 0 Å². The summed E-state index contributed by atoms with van der Waals surface area (Å²) in [5, 5.41) is 0. The largest absolute Gasteiger partial charge is 0.373 e. The average molecular weight is 308 g/mol. The quantitative estimate of drug-likeness (QED) is 0.762. The SMILES string of the molecule is C=CCN1CCC(OCc2ccccc2)CC1.[c]1ccccc1. The van der Waals surface area contributed by atoms with Gasteiger partial charge in [0.2, 0.25) is 0 Å². The Morgan fingerprint density at radius 1 is 1.04 bits per heavy atom. The highest BCUT2D eigenvalue weighted by Gasteiger charge is 2.18. The highest BCUT2D eigenvalue weighted by molar-refractivity contribution is 5.13. The zero-order valence-corrected chi connectivity index (χ0v) is 13.7. The molecule has 1 saturated heterocycles. The molecule has 1 fully saturated rings. The Morgan fingerprint density at radius 2 is 1.70 bits per heavy atom. The molecule has 1 aliphatic rings. The molecule has 1 heterocycles. The van der Waals surface area contributed by atoms with Crippen molar-refractivity contribution >= 4 is 0 Å². The molecule has 121 valence electrons. The van der Waals surface area contributed by atoms with Gasteiger partial charge in [0.05, 0.1) is 12.7 Å². The van der Waals surface area contributed by atoms with Crippen molar-refractivity contribution in [2.45, 2.75) is 25.6 Å². The number of likely N-dealkylation sites (tertiary alicyclic amines) is 1. The van der Waals surface area contributed by atoms with E-state index in [4.69, 9.17) is 4.74 Å². The van der Waals surface area contributed by atoms with Gasteiger partial charge >= 0.3 is 0 Å². The summed E-state index contributed by atoms with van der Waals surface area (Å²) in [5.41, 5.74) is 1.26.